The molecule has 0 heterocycles. The Morgan fingerprint density at radius 1 is 0.647 bits per heavy atom. The van der Waals surface area contributed by atoms with Gasteiger partial charge in [0.25, 0.3) is 0 Å². The van der Waals surface area contributed by atoms with Crippen molar-refractivity contribution in [1.29, 1.82) is 0 Å². The molecule has 0 saturated heterocycles. The molecule has 0 saturated carbocycles. The number of unbranched alkanes of at least 4 members (excludes halogenated alkanes) is 4. The third-order valence-electron chi connectivity index (χ3n) is 4.31. The van der Waals surface area contributed by atoms with Gasteiger partial charge in [0.1, 0.15) is 0 Å². The van der Waals surface area contributed by atoms with Crippen molar-refractivity contribution in [2.24, 2.45) is 17.8 Å². The van der Waals surface area contributed by atoms with Gasteiger partial charge < -0.3 is 0 Å². The fraction of sp³-hybridized carbons (Fsp3) is 1.00. The molecule has 3 unspecified atom stereocenters. The van der Waals surface area contributed by atoms with Gasteiger partial charge in [-0.2, -0.15) is 0 Å². The van der Waals surface area contributed by atoms with Crippen LogP contribution in [0.1, 0.15) is 92.4 Å². The highest BCUT2D eigenvalue weighted by Crippen LogP contribution is 2.26. The molecule has 0 aliphatic carbocycles. The van der Waals surface area contributed by atoms with Crippen molar-refractivity contribution in [3.05, 3.63) is 0 Å². The van der Waals surface area contributed by atoms with E-state index in [1.807, 2.05) is 0 Å². The van der Waals surface area contributed by atoms with E-state index in [2.05, 4.69) is 34.6 Å². The molecule has 0 spiro atoms. The molecule has 17 heavy (non-hydrogen) atoms. The van der Waals surface area contributed by atoms with Crippen molar-refractivity contribution in [2.45, 2.75) is 92.4 Å². The first-order valence-electron chi connectivity index (χ1n) is 8.11. The molecule has 0 bridgehead atoms. The first-order valence-corrected chi connectivity index (χ1v) is 8.11. The van der Waals surface area contributed by atoms with Gasteiger partial charge in [-0.05, 0) is 24.2 Å². The van der Waals surface area contributed by atoms with E-state index in [0.29, 0.717) is 0 Å². The molecule has 3 atom stereocenters. The van der Waals surface area contributed by atoms with Crippen LogP contribution in [0.5, 0.6) is 0 Å². The second kappa shape index (κ2) is 11.1. The molecule has 0 rings (SSSR count). The van der Waals surface area contributed by atoms with Gasteiger partial charge in [0.05, 0.1) is 0 Å². The van der Waals surface area contributed by atoms with Gasteiger partial charge in [0, 0.05) is 0 Å². The lowest BCUT2D eigenvalue weighted by molar-refractivity contribution is 0.283. The Labute approximate surface area is 111 Å². The van der Waals surface area contributed by atoms with E-state index < -0.39 is 0 Å². The van der Waals surface area contributed by atoms with Gasteiger partial charge in [0.2, 0.25) is 0 Å². The zero-order valence-electron chi connectivity index (χ0n) is 13.1. The van der Waals surface area contributed by atoms with Crippen LogP contribution in [0.3, 0.4) is 0 Å². The summed E-state index contributed by atoms with van der Waals surface area (Å²) in [4.78, 5) is 0. The maximum Gasteiger partial charge on any atom is -0.0414 e. The van der Waals surface area contributed by atoms with Crippen LogP contribution >= 0.6 is 0 Å². The maximum absolute atomic E-state index is 2.47. The molecule has 104 valence electrons. The van der Waals surface area contributed by atoms with Gasteiger partial charge in [0.15, 0.2) is 0 Å². The molecule has 0 aromatic rings. The topological polar surface area (TPSA) is 0 Å². The maximum atomic E-state index is 2.47. The van der Waals surface area contributed by atoms with Crippen LogP contribution in [0.2, 0.25) is 0 Å². The first-order chi connectivity index (χ1) is 8.11. The molecule has 0 aliphatic heterocycles. The second-order valence-electron chi connectivity index (χ2n) is 6.29. The molecule has 0 fully saturated rings. The third-order valence-corrected chi connectivity index (χ3v) is 4.31. The fourth-order valence-corrected chi connectivity index (χ4v) is 2.72. The summed E-state index contributed by atoms with van der Waals surface area (Å²) in [5, 5.41) is 0. The van der Waals surface area contributed by atoms with Crippen LogP contribution in [0.4, 0.5) is 0 Å². The minimum Gasteiger partial charge on any atom is -0.0654 e. The van der Waals surface area contributed by atoms with Crippen LogP contribution in [-0.2, 0) is 0 Å². The standard InChI is InChI=1S/C17H36/c1-6-8-10-11-13-16(4)17(5)14-15(3)12-9-7-2/h15-17H,6-14H2,1-5H3. The van der Waals surface area contributed by atoms with Crippen LogP contribution in [0, 0.1) is 17.8 Å². The van der Waals surface area contributed by atoms with Crippen LogP contribution in [0.15, 0.2) is 0 Å². The lowest BCUT2D eigenvalue weighted by atomic mass is 9.83. The van der Waals surface area contributed by atoms with Crippen molar-refractivity contribution in [3.8, 4) is 0 Å². The lowest BCUT2D eigenvalue weighted by Gasteiger charge is -2.23. The Morgan fingerprint density at radius 2 is 1.29 bits per heavy atom. The number of rotatable bonds is 11. The summed E-state index contributed by atoms with van der Waals surface area (Å²) in [6.45, 7) is 12.0. The SMILES string of the molecule is CCCCCCC(C)C(C)CC(C)CCCC. The van der Waals surface area contributed by atoms with E-state index in [-0.39, 0.29) is 0 Å². The van der Waals surface area contributed by atoms with Crippen molar-refractivity contribution in [3.63, 3.8) is 0 Å². The minimum absolute atomic E-state index is 0.920. The first kappa shape index (κ1) is 17.0. The predicted molar refractivity (Wildman–Crippen MR) is 80.4 cm³/mol. The number of hydrogen-bond acceptors (Lipinski definition) is 0. The average molecular weight is 240 g/mol. The van der Waals surface area contributed by atoms with E-state index in [1.54, 1.807) is 0 Å². The zero-order valence-corrected chi connectivity index (χ0v) is 13.1. The van der Waals surface area contributed by atoms with Gasteiger partial charge in [-0.1, -0.05) is 86.0 Å². The summed E-state index contributed by atoms with van der Waals surface area (Å²) in [6.07, 6.45) is 12.8. The normalized spacial score (nSPS) is 16.8. The molecule has 0 aliphatic rings. The summed E-state index contributed by atoms with van der Waals surface area (Å²) in [6, 6.07) is 0. The molecule has 0 nitrogen and oxygen atoms in total. The summed E-state index contributed by atoms with van der Waals surface area (Å²) in [5.74, 6) is 2.78. The van der Waals surface area contributed by atoms with Gasteiger partial charge in [-0.15, -0.1) is 0 Å². The Kier molecular flexibility index (Phi) is 11.1. The van der Waals surface area contributed by atoms with E-state index in [0.717, 1.165) is 17.8 Å². The van der Waals surface area contributed by atoms with E-state index in [1.165, 1.54) is 57.8 Å². The summed E-state index contributed by atoms with van der Waals surface area (Å²) < 4.78 is 0. The highest BCUT2D eigenvalue weighted by Gasteiger charge is 2.14. The Bertz CT molecular complexity index is 150. The fourth-order valence-electron chi connectivity index (χ4n) is 2.72. The predicted octanol–water partition coefficient (Wildman–Crippen LogP) is 6.45. The monoisotopic (exact) mass is 240 g/mol. The van der Waals surface area contributed by atoms with Crippen LogP contribution in [0.25, 0.3) is 0 Å². The van der Waals surface area contributed by atoms with Crippen LogP contribution < -0.4 is 0 Å². The smallest absolute Gasteiger partial charge is 0.0414 e. The molecular formula is C17H36. The Morgan fingerprint density at radius 3 is 1.88 bits per heavy atom. The molecule has 0 heteroatoms. The third kappa shape index (κ3) is 9.68. The van der Waals surface area contributed by atoms with Gasteiger partial charge >= 0.3 is 0 Å². The highest BCUT2D eigenvalue weighted by atomic mass is 14.2. The number of hydrogen-bond donors (Lipinski definition) is 0. The van der Waals surface area contributed by atoms with E-state index in [9.17, 15) is 0 Å². The van der Waals surface area contributed by atoms with Crippen molar-refractivity contribution in [1.82, 2.24) is 0 Å². The zero-order chi connectivity index (χ0) is 13.1. The second-order valence-corrected chi connectivity index (χ2v) is 6.29. The lowest BCUT2D eigenvalue weighted by Crippen LogP contribution is -2.12. The Balaban J connectivity index is 3.61. The quantitative estimate of drug-likeness (QED) is 0.364. The molecule has 0 radical (unpaired) electrons. The van der Waals surface area contributed by atoms with E-state index in [4.69, 9.17) is 0 Å². The molecule has 0 aromatic carbocycles. The molecular weight excluding hydrogens is 204 g/mol. The van der Waals surface area contributed by atoms with Crippen molar-refractivity contribution in [2.75, 3.05) is 0 Å². The summed E-state index contributed by atoms with van der Waals surface area (Å²) in [5.41, 5.74) is 0. The molecule has 0 amide bonds. The van der Waals surface area contributed by atoms with E-state index >= 15 is 0 Å². The highest BCUT2D eigenvalue weighted by molar-refractivity contribution is 4.66. The van der Waals surface area contributed by atoms with Crippen LogP contribution in [-0.4, -0.2) is 0 Å². The Hall–Kier alpha value is 0. The summed E-state index contributed by atoms with van der Waals surface area (Å²) in [7, 11) is 0. The van der Waals surface area contributed by atoms with Crippen molar-refractivity contribution < 1.29 is 0 Å². The molecule has 0 aromatic heterocycles. The largest absolute Gasteiger partial charge is 0.0654 e. The summed E-state index contributed by atoms with van der Waals surface area (Å²) >= 11 is 0. The van der Waals surface area contributed by atoms with Gasteiger partial charge in [-0.3, -0.25) is 0 Å². The minimum atomic E-state index is 0.920. The van der Waals surface area contributed by atoms with Crippen molar-refractivity contribution >= 4 is 0 Å². The van der Waals surface area contributed by atoms with Gasteiger partial charge in [-0.25, -0.2) is 0 Å². The average Bonchev–Trinajstić information content (AvgIpc) is 2.31. The molecule has 0 N–H and O–H groups in total.